The summed E-state index contributed by atoms with van der Waals surface area (Å²) in [5.74, 6) is -0.659. The number of hydrogen-bond acceptors (Lipinski definition) is 4. The zero-order valence-corrected chi connectivity index (χ0v) is 9.86. The first kappa shape index (κ1) is 13.1. The van der Waals surface area contributed by atoms with Gasteiger partial charge >= 0.3 is 5.97 Å². The first-order valence-electron chi connectivity index (χ1n) is 5.43. The highest BCUT2D eigenvalue weighted by Crippen LogP contribution is 2.13. The fourth-order valence-electron chi connectivity index (χ4n) is 1.43. The van der Waals surface area contributed by atoms with E-state index in [1.54, 1.807) is 13.8 Å². The zero-order valence-electron chi connectivity index (χ0n) is 9.86. The molecule has 17 heavy (non-hydrogen) atoms. The van der Waals surface area contributed by atoms with E-state index in [9.17, 15) is 14.4 Å². The minimum absolute atomic E-state index is 0.168. The highest BCUT2D eigenvalue weighted by Gasteiger charge is 2.14. The molecule has 0 bridgehead atoms. The Hall–Kier alpha value is -1.97. The molecule has 0 saturated heterocycles. The molecule has 0 aromatic heterocycles. The van der Waals surface area contributed by atoms with Crippen molar-refractivity contribution in [3.8, 4) is 0 Å². The number of ketones is 1. The van der Waals surface area contributed by atoms with Gasteiger partial charge in [0.1, 0.15) is 0 Å². The van der Waals surface area contributed by atoms with Crippen molar-refractivity contribution in [1.29, 1.82) is 0 Å². The van der Waals surface area contributed by atoms with Gasteiger partial charge in [-0.25, -0.2) is 4.79 Å². The number of ether oxygens (including phenoxy) is 1. The number of benzene rings is 1. The molecule has 0 amide bonds. The predicted molar refractivity (Wildman–Crippen MR) is 62.4 cm³/mol. The molecule has 0 aliphatic heterocycles. The van der Waals surface area contributed by atoms with Gasteiger partial charge in [0.2, 0.25) is 0 Å². The lowest BCUT2D eigenvalue weighted by atomic mass is 10.00. The molecule has 1 aromatic rings. The van der Waals surface area contributed by atoms with Gasteiger partial charge in [-0.15, -0.1) is 0 Å². The zero-order chi connectivity index (χ0) is 12.8. The van der Waals surface area contributed by atoms with Gasteiger partial charge in [-0.2, -0.15) is 0 Å². The average molecular weight is 234 g/mol. The standard InChI is InChI=1S/C13H14O4/c1-3-12(15)11-7-9(13(16)17-4-2)5-6-10(11)8-14/h5-8H,3-4H2,1-2H3. The second kappa shape index (κ2) is 5.94. The highest BCUT2D eigenvalue weighted by molar-refractivity contribution is 6.04. The quantitative estimate of drug-likeness (QED) is 0.445. The van der Waals surface area contributed by atoms with Gasteiger partial charge in [0.15, 0.2) is 12.1 Å². The number of carbonyl (C=O) groups excluding carboxylic acids is 3. The van der Waals surface area contributed by atoms with Crippen molar-refractivity contribution in [2.45, 2.75) is 20.3 Å². The summed E-state index contributed by atoms with van der Waals surface area (Å²) >= 11 is 0. The van der Waals surface area contributed by atoms with Crippen LogP contribution in [-0.2, 0) is 4.74 Å². The van der Waals surface area contributed by atoms with Crippen LogP contribution in [-0.4, -0.2) is 24.6 Å². The van der Waals surface area contributed by atoms with Gasteiger partial charge in [0.25, 0.3) is 0 Å². The molecule has 0 aliphatic rings. The van der Waals surface area contributed by atoms with E-state index < -0.39 is 5.97 Å². The largest absolute Gasteiger partial charge is 0.462 e. The van der Waals surface area contributed by atoms with Crippen molar-refractivity contribution in [2.75, 3.05) is 6.61 Å². The Kier molecular flexibility index (Phi) is 4.57. The summed E-state index contributed by atoms with van der Waals surface area (Å²) in [4.78, 5) is 33.9. The maximum atomic E-state index is 11.6. The first-order valence-corrected chi connectivity index (χ1v) is 5.43. The van der Waals surface area contributed by atoms with Gasteiger partial charge in [0.05, 0.1) is 12.2 Å². The number of hydrogen-bond donors (Lipinski definition) is 0. The van der Waals surface area contributed by atoms with Gasteiger partial charge in [-0.05, 0) is 19.1 Å². The number of Topliss-reactive ketones (excluding diaryl/α,β-unsaturated/α-hetero) is 1. The lowest BCUT2D eigenvalue weighted by Crippen LogP contribution is -2.08. The van der Waals surface area contributed by atoms with E-state index in [0.29, 0.717) is 11.8 Å². The number of rotatable bonds is 5. The smallest absolute Gasteiger partial charge is 0.338 e. The van der Waals surface area contributed by atoms with Crippen LogP contribution in [0.2, 0.25) is 0 Å². The van der Waals surface area contributed by atoms with Crippen LogP contribution in [0, 0.1) is 0 Å². The molecule has 0 N–H and O–H groups in total. The molecule has 0 heterocycles. The van der Waals surface area contributed by atoms with E-state index in [0.717, 1.165) is 0 Å². The van der Waals surface area contributed by atoms with Gasteiger partial charge in [-0.1, -0.05) is 13.0 Å². The lowest BCUT2D eigenvalue weighted by Gasteiger charge is -2.06. The van der Waals surface area contributed by atoms with E-state index in [1.165, 1.54) is 18.2 Å². The van der Waals surface area contributed by atoms with Crippen molar-refractivity contribution in [3.63, 3.8) is 0 Å². The molecule has 0 radical (unpaired) electrons. The Morgan fingerprint density at radius 3 is 2.53 bits per heavy atom. The van der Waals surface area contributed by atoms with E-state index in [4.69, 9.17) is 4.74 Å². The normalized spacial score (nSPS) is 9.76. The van der Waals surface area contributed by atoms with Crippen LogP contribution in [0.5, 0.6) is 0 Å². The minimum Gasteiger partial charge on any atom is -0.462 e. The third-order valence-corrected chi connectivity index (χ3v) is 2.31. The molecule has 1 rings (SSSR count). The molecular formula is C13H14O4. The first-order chi connectivity index (χ1) is 8.13. The van der Waals surface area contributed by atoms with Crippen molar-refractivity contribution in [3.05, 3.63) is 34.9 Å². The molecule has 0 spiro atoms. The molecule has 0 fully saturated rings. The summed E-state index contributed by atoms with van der Waals surface area (Å²) < 4.78 is 4.83. The van der Waals surface area contributed by atoms with Crippen LogP contribution in [0.15, 0.2) is 18.2 Å². The number of esters is 1. The molecule has 0 atom stereocenters. The van der Waals surface area contributed by atoms with Crippen molar-refractivity contribution < 1.29 is 19.1 Å². The van der Waals surface area contributed by atoms with Crippen LogP contribution in [0.1, 0.15) is 51.3 Å². The summed E-state index contributed by atoms with van der Waals surface area (Å²) in [5.41, 5.74) is 0.854. The topological polar surface area (TPSA) is 60.4 Å². The monoisotopic (exact) mass is 234 g/mol. The van der Waals surface area contributed by atoms with E-state index in [-0.39, 0.29) is 29.9 Å². The summed E-state index contributed by atoms with van der Waals surface area (Å²) in [7, 11) is 0. The molecule has 0 saturated carbocycles. The molecular weight excluding hydrogens is 220 g/mol. The van der Waals surface area contributed by atoms with E-state index >= 15 is 0 Å². The van der Waals surface area contributed by atoms with Crippen LogP contribution >= 0.6 is 0 Å². The molecule has 0 aliphatic carbocycles. The summed E-state index contributed by atoms with van der Waals surface area (Å²) in [5, 5.41) is 0. The summed E-state index contributed by atoms with van der Waals surface area (Å²) in [6, 6.07) is 4.35. The van der Waals surface area contributed by atoms with Gasteiger partial charge in [-0.3, -0.25) is 9.59 Å². The maximum Gasteiger partial charge on any atom is 0.338 e. The summed E-state index contributed by atoms with van der Waals surface area (Å²) in [6.45, 7) is 3.68. The van der Waals surface area contributed by atoms with Crippen LogP contribution in [0.4, 0.5) is 0 Å². The minimum atomic E-state index is -0.491. The SMILES string of the molecule is CCOC(=O)c1ccc(C=O)c(C(=O)CC)c1. The Morgan fingerprint density at radius 2 is 2.00 bits per heavy atom. The Labute approximate surface area is 99.6 Å². The Balaban J connectivity index is 3.17. The molecule has 4 nitrogen and oxygen atoms in total. The predicted octanol–water partition coefficient (Wildman–Crippen LogP) is 2.27. The third-order valence-electron chi connectivity index (χ3n) is 2.31. The number of carbonyl (C=O) groups is 3. The van der Waals surface area contributed by atoms with Gasteiger partial charge in [0, 0.05) is 17.5 Å². The van der Waals surface area contributed by atoms with Crippen molar-refractivity contribution in [2.24, 2.45) is 0 Å². The molecule has 4 heteroatoms. The fraction of sp³-hybridized carbons (Fsp3) is 0.308. The highest BCUT2D eigenvalue weighted by atomic mass is 16.5. The second-order valence-corrected chi connectivity index (χ2v) is 3.42. The molecule has 0 unspecified atom stereocenters. The second-order valence-electron chi connectivity index (χ2n) is 3.42. The fourth-order valence-corrected chi connectivity index (χ4v) is 1.43. The van der Waals surface area contributed by atoms with Crippen LogP contribution in [0.3, 0.4) is 0 Å². The third kappa shape index (κ3) is 3.00. The number of aldehydes is 1. The van der Waals surface area contributed by atoms with Crippen LogP contribution in [0.25, 0.3) is 0 Å². The average Bonchev–Trinajstić information content (AvgIpc) is 2.37. The maximum absolute atomic E-state index is 11.6. The van der Waals surface area contributed by atoms with Gasteiger partial charge < -0.3 is 4.74 Å². The summed E-state index contributed by atoms with van der Waals surface area (Å²) in [6.07, 6.45) is 0.894. The van der Waals surface area contributed by atoms with Crippen molar-refractivity contribution >= 4 is 18.0 Å². The van der Waals surface area contributed by atoms with E-state index in [1.807, 2.05) is 0 Å². The Bertz CT molecular complexity index is 449. The molecule has 90 valence electrons. The van der Waals surface area contributed by atoms with Crippen molar-refractivity contribution in [1.82, 2.24) is 0 Å². The molecule has 1 aromatic carbocycles. The van der Waals surface area contributed by atoms with E-state index in [2.05, 4.69) is 0 Å². The lowest BCUT2D eigenvalue weighted by molar-refractivity contribution is 0.0526. The van der Waals surface area contributed by atoms with Crippen LogP contribution < -0.4 is 0 Å². The Morgan fingerprint density at radius 1 is 1.29 bits per heavy atom.